The fourth-order valence-corrected chi connectivity index (χ4v) is 18.1. The molecule has 0 aromatic carbocycles. The third-order valence-corrected chi connectivity index (χ3v) is 14.0. The number of nitrogens with one attached hydrogen (secondary N) is 1. The molecule has 4 heteroatoms. The van der Waals surface area contributed by atoms with Crippen molar-refractivity contribution in [3.63, 3.8) is 0 Å². The highest BCUT2D eigenvalue weighted by atomic mass is 35.5. The lowest BCUT2D eigenvalue weighted by Gasteiger charge is -2.32. The van der Waals surface area contributed by atoms with Gasteiger partial charge in [-0.05, 0) is 38.4 Å². The zero-order valence-electron chi connectivity index (χ0n) is 12.6. The van der Waals surface area contributed by atoms with Gasteiger partial charge in [-0.2, -0.15) is 0 Å². The monoisotopic (exact) mass is 301 g/mol. The molecule has 0 aliphatic carbocycles. The van der Waals surface area contributed by atoms with E-state index in [0.29, 0.717) is 0 Å². The first kappa shape index (κ1) is 16.3. The van der Waals surface area contributed by atoms with Gasteiger partial charge in [0.05, 0.1) is 0 Å². The minimum atomic E-state index is -1.24. The minimum absolute atomic E-state index is 0.162. The molecule has 1 aliphatic rings. The predicted molar refractivity (Wildman–Crippen MR) is 88.2 cm³/mol. The summed E-state index contributed by atoms with van der Waals surface area (Å²) in [6.45, 7) is 12.0. The summed E-state index contributed by atoms with van der Waals surface area (Å²) in [5, 5.41) is 0. The van der Waals surface area contributed by atoms with Crippen LogP contribution < -0.4 is 4.65 Å². The molecule has 18 heavy (non-hydrogen) atoms. The molecular weight excluding hydrogens is 274 g/mol. The maximum atomic E-state index is 5.68. The largest absolute Gasteiger partial charge is 0.359 e. The van der Waals surface area contributed by atoms with Crippen LogP contribution in [-0.2, 0) is 0 Å². The summed E-state index contributed by atoms with van der Waals surface area (Å²) in [5.41, 5.74) is 0.162. The van der Waals surface area contributed by atoms with E-state index in [9.17, 15) is 0 Å². The normalized spacial score (nSPS) is 26.8. The number of hydrogen-bond acceptors (Lipinski definition) is 1. The molecule has 1 N–H and O–H groups in total. The lowest BCUT2D eigenvalue weighted by atomic mass is 9.97. The van der Waals surface area contributed by atoms with Crippen molar-refractivity contribution in [3.8, 4) is 11.8 Å². The molecule has 0 radical (unpaired) electrons. The molecule has 1 unspecified atom stereocenters. The van der Waals surface area contributed by atoms with Gasteiger partial charge in [0.1, 0.15) is 16.5 Å². The van der Waals surface area contributed by atoms with E-state index in [1.54, 1.807) is 0 Å². The van der Waals surface area contributed by atoms with Gasteiger partial charge in [0.2, 0.25) is 0 Å². The highest BCUT2D eigenvalue weighted by molar-refractivity contribution is 6.96. The lowest BCUT2D eigenvalue weighted by molar-refractivity contribution is 0.556. The van der Waals surface area contributed by atoms with E-state index in [1.165, 1.54) is 18.1 Å². The fraction of sp³-hybridized carbons (Fsp3) is 0.857. The summed E-state index contributed by atoms with van der Waals surface area (Å²) < 4.78 is 4.05. The van der Waals surface area contributed by atoms with E-state index in [1.807, 2.05) is 0 Å². The van der Waals surface area contributed by atoms with Gasteiger partial charge >= 0.3 is 0 Å². The van der Waals surface area contributed by atoms with E-state index < -0.39 is 16.5 Å². The quantitative estimate of drug-likeness (QED) is 0.351. The highest BCUT2D eigenvalue weighted by Gasteiger charge is 2.44. The van der Waals surface area contributed by atoms with Crippen LogP contribution in [0.5, 0.6) is 0 Å². The summed E-state index contributed by atoms with van der Waals surface area (Å²) >= 11 is 5.68. The number of alkyl halides is 1. The Morgan fingerprint density at radius 2 is 1.89 bits per heavy atom. The highest BCUT2D eigenvalue weighted by Crippen LogP contribution is 2.36. The molecule has 0 saturated carbocycles. The summed E-state index contributed by atoms with van der Waals surface area (Å²) in [6, 6.07) is 4.18. The summed E-state index contributed by atoms with van der Waals surface area (Å²) in [5.74, 6) is 7.51. The summed E-state index contributed by atoms with van der Waals surface area (Å²) in [6.07, 6.45) is 1.95. The Kier molecular flexibility index (Phi) is 5.55. The molecular formula is C14H28ClNSi2. The van der Waals surface area contributed by atoms with Crippen LogP contribution in [0.4, 0.5) is 0 Å². The van der Waals surface area contributed by atoms with Crippen LogP contribution >= 0.6 is 11.6 Å². The van der Waals surface area contributed by atoms with E-state index in [4.69, 9.17) is 11.6 Å². The van der Waals surface area contributed by atoms with Crippen molar-refractivity contribution in [3.05, 3.63) is 0 Å². The molecule has 1 aliphatic heterocycles. The lowest BCUT2D eigenvalue weighted by Crippen LogP contribution is -2.54. The molecule has 0 aromatic rings. The number of unbranched alkanes of at least 4 members (excludes halogenated alkanes) is 1. The molecule has 1 saturated heterocycles. The first-order chi connectivity index (χ1) is 8.18. The van der Waals surface area contributed by atoms with Crippen LogP contribution in [-0.4, -0.2) is 22.4 Å². The molecule has 1 atom stereocenters. The molecule has 1 rings (SSSR count). The Morgan fingerprint density at radius 3 is 2.39 bits per heavy atom. The average molecular weight is 302 g/mol. The molecule has 1 fully saturated rings. The Morgan fingerprint density at radius 1 is 1.22 bits per heavy atom. The van der Waals surface area contributed by atoms with Crippen LogP contribution in [0.1, 0.15) is 26.7 Å². The van der Waals surface area contributed by atoms with Crippen molar-refractivity contribution in [2.45, 2.75) is 64.5 Å². The summed E-state index contributed by atoms with van der Waals surface area (Å²) in [4.78, 5) is 0. The fourth-order valence-electron chi connectivity index (χ4n) is 3.14. The molecule has 0 bridgehead atoms. The molecule has 0 aromatic heterocycles. The Bertz CT molecular complexity index is 343. The second kappa shape index (κ2) is 6.13. The maximum Gasteiger partial charge on any atom is 0.117 e. The van der Waals surface area contributed by atoms with Crippen molar-refractivity contribution in [2.24, 2.45) is 5.41 Å². The minimum Gasteiger partial charge on any atom is -0.359 e. The molecule has 0 spiro atoms. The van der Waals surface area contributed by atoms with Gasteiger partial charge in [0, 0.05) is 17.7 Å². The van der Waals surface area contributed by atoms with Gasteiger partial charge in [-0.1, -0.05) is 25.6 Å². The van der Waals surface area contributed by atoms with Crippen LogP contribution in [0.15, 0.2) is 0 Å². The van der Waals surface area contributed by atoms with Crippen molar-refractivity contribution in [1.29, 1.82) is 0 Å². The van der Waals surface area contributed by atoms with Crippen molar-refractivity contribution >= 4 is 28.1 Å². The van der Waals surface area contributed by atoms with E-state index in [0.717, 1.165) is 18.7 Å². The van der Waals surface area contributed by atoms with Gasteiger partial charge in [-0.3, -0.25) is 0 Å². The third kappa shape index (κ3) is 5.48. The third-order valence-electron chi connectivity index (χ3n) is 3.64. The smallest absolute Gasteiger partial charge is 0.117 e. The number of halogens is 1. The van der Waals surface area contributed by atoms with Crippen LogP contribution in [0, 0.1) is 17.3 Å². The maximum absolute atomic E-state index is 5.68. The predicted octanol–water partition coefficient (Wildman–Crippen LogP) is 4.42. The van der Waals surface area contributed by atoms with Crippen molar-refractivity contribution < 1.29 is 0 Å². The van der Waals surface area contributed by atoms with Crippen molar-refractivity contribution in [1.82, 2.24) is 4.65 Å². The SMILES string of the molecule is CC(C)(C#CCCCCl)C[Si]1(C)CC[Si](C)(C)N1. The molecule has 1 heterocycles. The van der Waals surface area contributed by atoms with Gasteiger partial charge in [0.15, 0.2) is 0 Å². The zero-order valence-corrected chi connectivity index (χ0v) is 15.4. The Balaban J connectivity index is 2.56. The van der Waals surface area contributed by atoms with Crippen molar-refractivity contribution in [2.75, 3.05) is 5.88 Å². The van der Waals surface area contributed by atoms with Gasteiger partial charge in [-0.15, -0.1) is 17.5 Å². The van der Waals surface area contributed by atoms with Crippen LogP contribution in [0.25, 0.3) is 0 Å². The number of rotatable bonds is 4. The second-order valence-corrected chi connectivity index (χ2v) is 16.8. The van der Waals surface area contributed by atoms with E-state index >= 15 is 0 Å². The van der Waals surface area contributed by atoms with Gasteiger partial charge in [-0.25, -0.2) is 0 Å². The average Bonchev–Trinajstić information content (AvgIpc) is 2.46. The van der Waals surface area contributed by atoms with Crippen LogP contribution in [0.3, 0.4) is 0 Å². The second-order valence-electron chi connectivity index (χ2n) is 7.22. The van der Waals surface area contributed by atoms with E-state index in [2.05, 4.69) is 50.0 Å². The topological polar surface area (TPSA) is 12.0 Å². The molecule has 1 nitrogen and oxygen atoms in total. The first-order valence-electron chi connectivity index (χ1n) is 7.04. The summed E-state index contributed by atoms with van der Waals surface area (Å²) in [7, 11) is -2.32. The van der Waals surface area contributed by atoms with Gasteiger partial charge in [0.25, 0.3) is 0 Å². The van der Waals surface area contributed by atoms with Gasteiger partial charge < -0.3 is 4.65 Å². The first-order valence-corrected chi connectivity index (χ1v) is 13.7. The molecule has 0 amide bonds. The van der Waals surface area contributed by atoms with Crippen LogP contribution in [0.2, 0.25) is 37.8 Å². The zero-order chi connectivity index (χ0) is 13.9. The standard InChI is InChI=1S/C14H28ClNSi2/c1-14(2,9-7-6-8-10-15)13-18(5)12-11-17(3,4)16-18/h16H,6,8,10-13H2,1-5H3. The Labute approximate surface area is 120 Å². The Hall–Kier alpha value is 0.244. The number of hydrogen-bond donors (Lipinski definition) is 1. The molecule has 104 valence electrons. The van der Waals surface area contributed by atoms with E-state index in [-0.39, 0.29) is 5.41 Å².